The molecule has 0 saturated carbocycles. The van der Waals surface area contributed by atoms with Crippen molar-refractivity contribution in [1.82, 2.24) is 19.9 Å². The third-order valence-electron chi connectivity index (χ3n) is 4.90. The van der Waals surface area contributed by atoms with E-state index in [9.17, 15) is 4.79 Å². The summed E-state index contributed by atoms with van der Waals surface area (Å²) in [7, 11) is 0. The van der Waals surface area contributed by atoms with Crippen molar-refractivity contribution in [3.05, 3.63) is 52.7 Å². The summed E-state index contributed by atoms with van der Waals surface area (Å²) in [6, 6.07) is 1.09. The lowest BCUT2D eigenvalue weighted by Crippen LogP contribution is -2.38. The number of rotatable bonds is 2. The molecule has 4 rings (SSSR count). The Balaban J connectivity index is 1.58. The second-order valence-corrected chi connectivity index (χ2v) is 7.31. The Morgan fingerprint density at radius 3 is 2.70 bits per heavy atom. The van der Waals surface area contributed by atoms with E-state index in [2.05, 4.69) is 36.8 Å². The number of nitrogens with one attached hydrogen (secondary N) is 1. The van der Waals surface area contributed by atoms with Gasteiger partial charge in [0.15, 0.2) is 5.90 Å². The number of ether oxygens (including phenoxy) is 2. The monoisotopic (exact) mass is 444 g/mol. The summed E-state index contributed by atoms with van der Waals surface area (Å²) in [5.41, 5.74) is 15.4. The summed E-state index contributed by atoms with van der Waals surface area (Å²) >= 11 is 0. The molecule has 1 fully saturated rings. The fraction of sp³-hybridized carbons (Fsp3) is 0.227. The number of fused-ring (bicyclic) bond motifs is 1. The van der Waals surface area contributed by atoms with Gasteiger partial charge in [0.25, 0.3) is 11.9 Å². The van der Waals surface area contributed by atoms with Crippen molar-refractivity contribution in [1.29, 1.82) is 5.41 Å². The molecule has 11 heteroatoms. The molecule has 11 nitrogen and oxygen atoms in total. The predicted octanol–water partition coefficient (Wildman–Crippen LogP) is 1.11. The maximum Gasteiger partial charge on any atom is 0.296 e. The number of amidine groups is 1. The highest BCUT2D eigenvalue weighted by atomic mass is 16.5. The molecule has 33 heavy (non-hydrogen) atoms. The van der Waals surface area contributed by atoms with Gasteiger partial charge in [-0.3, -0.25) is 15.2 Å². The lowest BCUT2D eigenvalue weighted by Gasteiger charge is -2.25. The number of nitrogen functional groups attached to an aromatic ring is 1. The lowest BCUT2D eigenvalue weighted by atomic mass is 10.1. The quantitative estimate of drug-likeness (QED) is 0.297. The van der Waals surface area contributed by atoms with Gasteiger partial charge < -0.3 is 20.9 Å². The number of carbonyl (C=O) groups is 1. The zero-order valence-electron chi connectivity index (χ0n) is 17.9. The topological polar surface area (TPSA) is 175 Å². The summed E-state index contributed by atoms with van der Waals surface area (Å²) in [6.45, 7) is 4.48. The minimum atomic E-state index is -0.676. The molecular formula is C22H20N8O3. The maximum atomic E-state index is 12.4. The largest absolute Gasteiger partial charge is 0.411 e. The van der Waals surface area contributed by atoms with Gasteiger partial charge in [-0.15, -0.1) is 0 Å². The first-order valence-electron chi connectivity index (χ1n) is 9.91. The van der Waals surface area contributed by atoms with Gasteiger partial charge in [-0.1, -0.05) is 11.8 Å². The maximum absolute atomic E-state index is 12.4. The van der Waals surface area contributed by atoms with Crippen LogP contribution in [0.2, 0.25) is 0 Å². The number of aliphatic imine (C=N–C) groups is 1. The Morgan fingerprint density at radius 2 is 1.97 bits per heavy atom. The number of amides is 1. The summed E-state index contributed by atoms with van der Waals surface area (Å²) < 4.78 is 10.1. The van der Waals surface area contributed by atoms with Gasteiger partial charge in [-0.2, -0.15) is 4.99 Å². The Hall–Kier alpha value is -4.43. The fourth-order valence-electron chi connectivity index (χ4n) is 2.86. The van der Waals surface area contributed by atoms with E-state index in [1.54, 1.807) is 6.20 Å². The zero-order chi connectivity index (χ0) is 23.5. The van der Waals surface area contributed by atoms with E-state index >= 15 is 0 Å². The zero-order valence-corrected chi connectivity index (χ0v) is 17.9. The molecule has 166 valence electrons. The van der Waals surface area contributed by atoms with Crippen molar-refractivity contribution in [2.75, 3.05) is 18.9 Å². The number of pyridine rings is 2. The van der Waals surface area contributed by atoms with E-state index in [-0.39, 0.29) is 23.2 Å². The van der Waals surface area contributed by atoms with Gasteiger partial charge in [0.2, 0.25) is 0 Å². The molecule has 4 heterocycles. The third-order valence-corrected chi connectivity index (χ3v) is 4.90. The molecule has 3 aromatic heterocycles. The first-order chi connectivity index (χ1) is 15.8. The molecule has 3 aromatic rings. The minimum Gasteiger partial charge on any atom is -0.411 e. The number of hydrogen-bond donors (Lipinski definition) is 3. The van der Waals surface area contributed by atoms with Gasteiger partial charge in [0.1, 0.15) is 16.9 Å². The number of nitrogens with two attached hydrogens (primary N) is 2. The normalized spacial score (nSPS) is 13.7. The Labute approximate surface area is 188 Å². The predicted molar refractivity (Wildman–Crippen MR) is 121 cm³/mol. The van der Waals surface area contributed by atoms with Crippen LogP contribution in [0, 0.1) is 37.0 Å². The van der Waals surface area contributed by atoms with Crippen LogP contribution in [0.5, 0.6) is 0 Å². The lowest BCUT2D eigenvalue weighted by molar-refractivity contribution is -0.00525. The number of carbonyl (C=O) groups excluding carboxylic acids is 1. The van der Waals surface area contributed by atoms with E-state index in [0.29, 0.717) is 35.4 Å². The van der Waals surface area contributed by atoms with Crippen molar-refractivity contribution in [3.8, 4) is 11.8 Å². The van der Waals surface area contributed by atoms with Crippen LogP contribution < -0.4 is 11.5 Å². The summed E-state index contributed by atoms with van der Waals surface area (Å²) in [5, 5.41) is 7.77. The molecule has 1 aliphatic rings. The molecule has 0 spiro atoms. The first-order valence-corrected chi connectivity index (χ1v) is 9.91. The van der Waals surface area contributed by atoms with Gasteiger partial charge in [-0.05, 0) is 19.9 Å². The summed E-state index contributed by atoms with van der Waals surface area (Å²) in [5.74, 6) is 5.16. The van der Waals surface area contributed by atoms with E-state index in [4.69, 9.17) is 26.4 Å². The fourth-order valence-corrected chi connectivity index (χ4v) is 2.86. The van der Waals surface area contributed by atoms with Crippen LogP contribution in [0.4, 0.5) is 5.82 Å². The molecule has 5 N–H and O–H groups in total. The van der Waals surface area contributed by atoms with Crippen molar-refractivity contribution in [2.24, 2.45) is 16.6 Å². The Bertz CT molecular complexity index is 1370. The SMILES string of the molecule is Cc1nc2cnc(N)c(C#Cc3cncc(C(=O)N=C(N)OC(=N)C4COC4)c3)c2nc1C. The Kier molecular flexibility index (Phi) is 5.93. The second-order valence-electron chi connectivity index (χ2n) is 7.31. The number of nitrogens with zero attached hydrogens (tertiary/aromatic N) is 5. The van der Waals surface area contributed by atoms with Crippen LogP contribution in [0.1, 0.15) is 32.9 Å². The molecule has 0 radical (unpaired) electrons. The van der Waals surface area contributed by atoms with Crippen LogP contribution in [0.3, 0.4) is 0 Å². The first kappa shape index (κ1) is 21.8. The standard InChI is InChI=1S/C22H20N8O3/c1-11-12(2)29-18-16(19(23)27-8-17(18)28-11)4-3-13-5-14(7-26-6-13)21(31)30-22(25)33-20(24)15-9-32-10-15/h5-8,15,24H,9-10H2,1-2H3,(H2,23,27)(H2,25,30,31). The van der Waals surface area contributed by atoms with Gasteiger partial charge in [0.05, 0.1) is 47.8 Å². The molecule has 0 aromatic carbocycles. The summed E-state index contributed by atoms with van der Waals surface area (Å²) in [4.78, 5) is 33.3. The van der Waals surface area contributed by atoms with E-state index in [1.165, 1.54) is 18.5 Å². The molecule has 1 aliphatic heterocycles. The number of anilines is 1. The van der Waals surface area contributed by atoms with Crippen LogP contribution in [0.25, 0.3) is 11.0 Å². The average molecular weight is 444 g/mol. The van der Waals surface area contributed by atoms with Gasteiger partial charge >= 0.3 is 0 Å². The average Bonchev–Trinajstić information content (AvgIpc) is 2.73. The van der Waals surface area contributed by atoms with Crippen LogP contribution in [-0.2, 0) is 9.47 Å². The van der Waals surface area contributed by atoms with Crippen molar-refractivity contribution in [2.45, 2.75) is 13.8 Å². The highest BCUT2D eigenvalue weighted by molar-refractivity contribution is 6.03. The van der Waals surface area contributed by atoms with Crippen molar-refractivity contribution >= 4 is 34.7 Å². The van der Waals surface area contributed by atoms with Gasteiger partial charge in [0, 0.05) is 18.0 Å². The number of aryl methyl sites for hydroxylation is 2. The van der Waals surface area contributed by atoms with Crippen LogP contribution >= 0.6 is 0 Å². The highest BCUT2D eigenvalue weighted by Gasteiger charge is 2.26. The smallest absolute Gasteiger partial charge is 0.296 e. The van der Waals surface area contributed by atoms with Crippen LogP contribution in [-0.4, -0.2) is 51.0 Å². The molecule has 0 unspecified atom stereocenters. The van der Waals surface area contributed by atoms with E-state index in [0.717, 1.165) is 11.4 Å². The molecule has 0 atom stereocenters. The van der Waals surface area contributed by atoms with E-state index in [1.807, 2.05) is 13.8 Å². The molecular weight excluding hydrogens is 424 g/mol. The second kappa shape index (κ2) is 8.97. The third kappa shape index (κ3) is 4.76. The summed E-state index contributed by atoms with van der Waals surface area (Å²) in [6.07, 6.45) is 4.38. The number of hydrogen-bond acceptors (Lipinski definition) is 9. The molecule has 0 aliphatic carbocycles. The van der Waals surface area contributed by atoms with Gasteiger partial charge in [-0.25, -0.2) is 15.0 Å². The molecule has 0 bridgehead atoms. The van der Waals surface area contributed by atoms with Crippen molar-refractivity contribution < 1.29 is 14.3 Å². The molecule has 1 amide bonds. The number of aromatic nitrogens is 4. The van der Waals surface area contributed by atoms with Crippen molar-refractivity contribution in [3.63, 3.8) is 0 Å². The van der Waals surface area contributed by atoms with E-state index < -0.39 is 11.9 Å². The highest BCUT2D eigenvalue weighted by Crippen LogP contribution is 2.20. The molecule has 1 saturated heterocycles. The minimum absolute atomic E-state index is 0.0946. The van der Waals surface area contributed by atoms with Crippen LogP contribution in [0.15, 0.2) is 29.6 Å². The Morgan fingerprint density at radius 1 is 1.21 bits per heavy atom.